The molecule has 0 saturated carbocycles. The summed E-state index contributed by atoms with van der Waals surface area (Å²) in [5.41, 5.74) is 1.92. The highest BCUT2D eigenvalue weighted by molar-refractivity contribution is 7.84. The zero-order chi connectivity index (χ0) is 26.2. The maximum Gasteiger partial charge on any atom is 0.314 e. The van der Waals surface area contributed by atoms with Crippen LogP contribution >= 0.6 is 0 Å². The fraction of sp³-hybridized carbons (Fsp3) is 0.417. The summed E-state index contributed by atoms with van der Waals surface area (Å²) in [6.45, 7) is 7.38. The van der Waals surface area contributed by atoms with E-state index in [0.29, 0.717) is 30.9 Å². The van der Waals surface area contributed by atoms with Gasteiger partial charge in [-0.2, -0.15) is 8.78 Å². The molecule has 0 N–H and O–H groups in total. The van der Waals surface area contributed by atoms with Crippen molar-refractivity contribution in [3.8, 4) is 11.5 Å². The molecule has 1 aliphatic rings. The molecule has 1 fully saturated rings. The lowest BCUT2D eigenvalue weighted by Gasteiger charge is -2.43. The van der Waals surface area contributed by atoms with Crippen molar-refractivity contribution in [3.63, 3.8) is 0 Å². The summed E-state index contributed by atoms with van der Waals surface area (Å²) in [6.07, 6.45) is -0.586. The second-order valence-electron chi connectivity index (χ2n) is 8.33. The third-order valence-electron chi connectivity index (χ3n) is 5.78. The number of alkyl halides is 2. The number of likely N-dealkylation sites (N-methyl/N-ethyl adjacent to an activating group) is 1. The Morgan fingerprint density at radius 3 is 2.31 bits per heavy atom. The number of para-hydroxylation sites is 1. The molecule has 0 bridgehead atoms. The van der Waals surface area contributed by atoms with E-state index < -0.39 is 23.5 Å². The van der Waals surface area contributed by atoms with Crippen LogP contribution in [-0.4, -0.2) is 67.1 Å². The number of aromatic nitrogens is 3. The molecule has 4 rings (SSSR count). The van der Waals surface area contributed by atoms with Crippen molar-refractivity contribution in [2.24, 2.45) is 0 Å². The van der Waals surface area contributed by atoms with Gasteiger partial charge in [0.05, 0.1) is 23.5 Å². The van der Waals surface area contributed by atoms with E-state index in [9.17, 15) is 13.0 Å². The summed E-state index contributed by atoms with van der Waals surface area (Å²) in [5.74, 6) is -0.747. The summed E-state index contributed by atoms with van der Waals surface area (Å²) >= 11 is -1.42. The van der Waals surface area contributed by atoms with E-state index in [2.05, 4.69) is 41.0 Å². The molecule has 1 saturated heterocycles. The van der Waals surface area contributed by atoms with Crippen LogP contribution in [0.2, 0.25) is 0 Å². The number of hydrogen-bond acceptors (Lipinski definition) is 7. The van der Waals surface area contributed by atoms with Crippen LogP contribution in [0, 0.1) is 0 Å². The van der Waals surface area contributed by atoms with Crippen LogP contribution in [0.3, 0.4) is 0 Å². The minimum absolute atomic E-state index is 0.0201. The molecule has 3 aromatic rings. The molecular formula is C24H30F2N6O3S. The van der Waals surface area contributed by atoms with Crippen molar-refractivity contribution < 1.29 is 22.2 Å². The number of carbonyl (C=O) groups excluding carboxylic acids is 1. The first-order chi connectivity index (χ1) is 17.2. The molecule has 2 aromatic heterocycles. The molecule has 3 heterocycles. The molecule has 36 heavy (non-hydrogen) atoms. The number of aldehydes is 1. The van der Waals surface area contributed by atoms with Gasteiger partial charge in [0.25, 0.3) is 5.89 Å². The SMILES string of the molecule is CC1CN(S(=O)N(Cc2ccc(-c3nnc(C(F)F)o3)cn2)c2ccccc2)CC(C)N1C.CC=O. The van der Waals surface area contributed by atoms with Gasteiger partial charge in [0, 0.05) is 31.4 Å². The zero-order valence-electron chi connectivity index (χ0n) is 20.6. The van der Waals surface area contributed by atoms with E-state index in [4.69, 9.17) is 9.21 Å². The van der Waals surface area contributed by atoms with E-state index in [0.717, 1.165) is 12.0 Å². The maximum absolute atomic E-state index is 13.7. The van der Waals surface area contributed by atoms with Gasteiger partial charge in [0.1, 0.15) is 6.29 Å². The first-order valence-electron chi connectivity index (χ1n) is 11.4. The van der Waals surface area contributed by atoms with Gasteiger partial charge >= 0.3 is 6.43 Å². The monoisotopic (exact) mass is 520 g/mol. The number of pyridine rings is 1. The Morgan fingerprint density at radius 2 is 1.78 bits per heavy atom. The highest BCUT2D eigenvalue weighted by Gasteiger charge is 2.32. The van der Waals surface area contributed by atoms with Crippen LogP contribution < -0.4 is 4.31 Å². The van der Waals surface area contributed by atoms with Crippen LogP contribution in [0.25, 0.3) is 11.5 Å². The topological polar surface area (TPSA) is 95.7 Å². The Hall–Kier alpha value is -3.09. The summed E-state index contributed by atoms with van der Waals surface area (Å²) in [7, 11) is 2.09. The third kappa shape index (κ3) is 6.77. The van der Waals surface area contributed by atoms with Crippen LogP contribution in [0.1, 0.15) is 38.8 Å². The quantitative estimate of drug-likeness (QED) is 0.436. The van der Waals surface area contributed by atoms with Crippen molar-refractivity contribution in [1.82, 2.24) is 24.4 Å². The molecule has 12 heteroatoms. The van der Waals surface area contributed by atoms with Crippen molar-refractivity contribution in [1.29, 1.82) is 0 Å². The average molecular weight is 521 g/mol. The van der Waals surface area contributed by atoms with Gasteiger partial charge in [-0.05, 0) is 52.1 Å². The van der Waals surface area contributed by atoms with Crippen LogP contribution in [0.4, 0.5) is 14.5 Å². The predicted octanol–water partition coefficient (Wildman–Crippen LogP) is 3.88. The summed E-state index contributed by atoms with van der Waals surface area (Å²) < 4.78 is 47.9. The second-order valence-corrected chi connectivity index (χ2v) is 9.75. The number of rotatable bonds is 7. The Kier molecular flexibility index (Phi) is 9.73. The van der Waals surface area contributed by atoms with E-state index in [1.165, 1.54) is 13.1 Å². The van der Waals surface area contributed by atoms with Crippen molar-refractivity contribution >= 4 is 23.1 Å². The molecule has 3 atom stereocenters. The molecular weight excluding hydrogens is 490 g/mol. The molecule has 0 aliphatic carbocycles. The van der Waals surface area contributed by atoms with Gasteiger partial charge in [-0.1, -0.05) is 18.2 Å². The highest BCUT2D eigenvalue weighted by atomic mass is 32.2. The van der Waals surface area contributed by atoms with Gasteiger partial charge in [-0.25, -0.2) is 8.51 Å². The number of nitrogens with zero attached hydrogens (tertiary/aromatic N) is 6. The lowest BCUT2D eigenvalue weighted by Crippen LogP contribution is -2.57. The number of benzene rings is 1. The van der Waals surface area contributed by atoms with Gasteiger partial charge in [-0.15, -0.1) is 10.2 Å². The van der Waals surface area contributed by atoms with Crippen molar-refractivity contribution in [3.05, 3.63) is 60.2 Å². The highest BCUT2D eigenvalue weighted by Crippen LogP contribution is 2.25. The minimum atomic E-state index is -2.83. The third-order valence-corrected chi connectivity index (χ3v) is 7.24. The molecule has 0 spiro atoms. The molecule has 0 amide bonds. The zero-order valence-corrected chi connectivity index (χ0v) is 21.4. The molecule has 1 aromatic carbocycles. The van der Waals surface area contributed by atoms with E-state index in [-0.39, 0.29) is 18.0 Å². The fourth-order valence-corrected chi connectivity index (χ4v) is 5.19. The minimum Gasteiger partial charge on any atom is -0.415 e. The smallest absolute Gasteiger partial charge is 0.314 e. The first kappa shape index (κ1) is 27.5. The fourth-order valence-electron chi connectivity index (χ4n) is 3.68. The molecule has 9 nitrogen and oxygen atoms in total. The Labute approximate surface area is 211 Å². The predicted molar refractivity (Wildman–Crippen MR) is 133 cm³/mol. The lowest BCUT2D eigenvalue weighted by molar-refractivity contribution is -0.106. The van der Waals surface area contributed by atoms with E-state index in [1.807, 2.05) is 38.9 Å². The summed E-state index contributed by atoms with van der Waals surface area (Å²) in [6, 6.07) is 13.5. The van der Waals surface area contributed by atoms with Crippen LogP contribution in [-0.2, 0) is 22.5 Å². The second kappa shape index (κ2) is 12.7. The van der Waals surface area contributed by atoms with Gasteiger partial charge in [0.15, 0.2) is 11.2 Å². The van der Waals surface area contributed by atoms with E-state index >= 15 is 0 Å². The number of carbonyl (C=O) groups is 1. The standard InChI is InChI=1S/C22H26F2N6O2S.C2H4O/c1-15-12-29(13-16(2)28(15)3)33(31)30(19-7-5-4-6-8-19)14-18-10-9-17(11-25-18)21-26-27-22(32-21)20(23)24;1-2-3/h4-11,15-16,20H,12-14H2,1-3H3;2H,1H3. The molecule has 0 radical (unpaired) electrons. The number of anilines is 1. The van der Waals surface area contributed by atoms with E-state index in [1.54, 1.807) is 12.1 Å². The lowest BCUT2D eigenvalue weighted by atomic mass is 10.1. The molecule has 194 valence electrons. The summed E-state index contributed by atoms with van der Waals surface area (Å²) in [4.78, 5) is 15.5. The van der Waals surface area contributed by atoms with Gasteiger partial charge in [0.2, 0.25) is 5.89 Å². The average Bonchev–Trinajstić information content (AvgIpc) is 3.37. The van der Waals surface area contributed by atoms with Crippen molar-refractivity contribution in [2.75, 3.05) is 24.4 Å². The Balaban J connectivity index is 0.00000115. The largest absolute Gasteiger partial charge is 0.415 e. The van der Waals surface area contributed by atoms with Crippen molar-refractivity contribution in [2.45, 2.75) is 45.8 Å². The van der Waals surface area contributed by atoms with Gasteiger partial charge in [-0.3, -0.25) is 14.2 Å². The maximum atomic E-state index is 13.7. The number of halogens is 2. The number of piperazine rings is 1. The number of hydrogen-bond donors (Lipinski definition) is 0. The van der Waals surface area contributed by atoms with Gasteiger partial charge < -0.3 is 9.21 Å². The Bertz CT molecular complexity index is 1120. The first-order valence-corrected chi connectivity index (χ1v) is 12.5. The van der Waals surface area contributed by atoms with Crippen LogP contribution in [0.5, 0.6) is 0 Å². The molecule has 3 unspecified atom stereocenters. The normalized spacial score (nSPS) is 19.4. The summed E-state index contributed by atoms with van der Waals surface area (Å²) in [5, 5.41) is 6.99. The Morgan fingerprint density at radius 1 is 1.14 bits per heavy atom. The van der Waals surface area contributed by atoms with Crippen LogP contribution in [0.15, 0.2) is 53.1 Å². The molecule has 1 aliphatic heterocycles.